The first-order valence-corrected chi connectivity index (χ1v) is 9.64. The van der Waals surface area contributed by atoms with Gasteiger partial charge in [0.15, 0.2) is 0 Å². The number of carbonyl (C=O) groups is 1. The predicted molar refractivity (Wildman–Crippen MR) is 71.8 cm³/mol. The van der Waals surface area contributed by atoms with Gasteiger partial charge in [0.25, 0.3) is 0 Å². The van der Waals surface area contributed by atoms with Crippen LogP contribution in [-0.4, -0.2) is 36.9 Å². The maximum atomic E-state index is 12.1. The molecular formula is C13H25NO2Si. The molecule has 17 heavy (non-hydrogen) atoms. The van der Waals surface area contributed by atoms with Crippen LogP contribution in [-0.2, 0) is 4.74 Å². The molecule has 0 unspecified atom stereocenters. The van der Waals surface area contributed by atoms with Gasteiger partial charge in [-0.3, -0.25) is 0 Å². The highest BCUT2D eigenvalue weighted by Gasteiger charge is 2.48. The molecule has 1 atom stereocenters. The van der Waals surface area contributed by atoms with Crippen molar-refractivity contribution in [3.63, 3.8) is 0 Å². The quantitative estimate of drug-likeness (QED) is 0.621. The lowest BCUT2D eigenvalue weighted by atomic mass is 10.2. The molecule has 2 fully saturated rings. The number of amides is 1. The second-order valence-electron chi connectivity index (χ2n) is 6.87. The summed E-state index contributed by atoms with van der Waals surface area (Å²) in [5.74, 6) is 0. The standard InChI is InChI=1S/C13H25NO2Si/c1-11-9-17(7-5-6-8-17)10-14(11)12(15)16-13(2,3)4/h11H,5-10H2,1-4H3/t11-/m1/s1. The Labute approximate surface area is 106 Å². The van der Waals surface area contributed by atoms with Crippen molar-refractivity contribution in [1.82, 2.24) is 4.90 Å². The van der Waals surface area contributed by atoms with Gasteiger partial charge in [0.1, 0.15) is 5.60 Å². The molecule has 2 aliphatic heterocycles. The first kappa shape index (κ1) is 12.9. The summed E-state index contributed by atoms with van der Waals surface area (Å²) in [4.78, 5) is 14.1. The van der Waals surface area contributed by atoms with E-state index >= 15 is 0 Å². The van der Waals surface area contributed by atoms with E-state index in [-0.39, 0.29) is 11.7 Å². The van der Waals surface area contributed by atoms with Gasteiger partial charge in [0.05, 0.1) is 8.07 Å². The molecule has 3 nitrogen and oxygen atoms in total. The Morgan fingerprint density at radius 2 is 1.88 bits per heavy atom. The molecule has 1 spiro atoms. The summed E-state index contributed by atoms with van der Waals surface area (Å²) in [6.45, 7) is 8.00. The largest absolute Gasteiger partial charge is 0.444 e. The molecule has 2 aliphatic rings. The fourth-order valence-corrected chi connectivity index (χ4v) is 9.11. The van der Waals surface area contributed by atoms with E-state index in [1.807, 2.05) is 25.7 Å². The smallest absolute Gasteiger partial charge is 0.410 e. The molecule has 1 amide bonds. The van der Waals surface area contributed by atoms with Crippen molar-refractivity contribution in [2.75, 3.05) is 6.17 Å². The lowest BCUT2D eigenvalue weighted by molar-refractivity contribution is 0.0249. The summed E-state index contributed by atoms with van der Waals surface area (Å²) in [6, 6.07) is 4.55. The average molecular weight is 255 g/mol. The Kier molecular flexibility index (Phi) is 3.27. The van der Waals surface area contributed by atoms with E-state index in [2.05, 4.69) is 6.92 Å². The highest BCUT2D eigenvalue weighted by atomic mass is 28.3. The van der Waals surface area contributed by atoms with E-state index in [1.54, 1.807) is 0 Å². The van der Waals surface area contributed by atoms with E-state index in [9.17, 15) is 4.79 Å². The summed E-state index contributed by atoms with van der Waals surface area (Å²) in [6.07, 6.45) is 3.73. The van der Waals surface area contributed by atoms with E-state index in [4.69, 9.17) is 4.74 Å². The lowest BCUT2D eigenvalue weighted by Crippen LogP contribution is -2.41. The molecule has 0 N–H and O–H groups in total. The van der Waals surface area contributed by atoms with Crippen LogP contribution in [0.15, 0.2) is 0 Å². The molecule has 4 heteroatoms. The molecule has 0 aliphatic carbocycles. The maximum absolute atomic E-state index is 12.1. The minimum atomic E-state index is -1.11. The van der Waals surface area contributed by atoms with Crippen molar-refractivity contribution in [3.05, 3.63) is 0 Å². The van der Waals surface area contributed by atoms with Crippen LogP contribution in [0, 0.1) is 0 Å². The van der Waals surface area contributed by atoms with Crippen molar-refractivity contribution in [2.45, 2.75) is 70.3 Å². The summed E-state index contributed by atoms with van der Waals surface area (Å²) in [5.41, 5.74) is -0.371. The molecule has 0 radical (unpaired) electrons. The molecule has 0 bridgehead atoms. The number of carbonyl (C=O) groups excluding carboxylic acids is 1. The first-order chi connectivity index (χ1) is 7.81. The van der Waals surface area contributed by atoms with E-state index < -0.39 is 8.07 Å². The third-order valence-electron chi connectivity index (χ3n) is 4.06. The predicted octanol–water partition coefficient (Wildman–Crippen LogP) is 3.41. The van der Waals surface area contributed by atoms with Crippen molar-refractivity contribution >= 4 is 14.2 Å². The minimum Gasteiger partial charge on any atom is -0.444 e. The number of hydrogen-bond donors (Lipinski definition) is 0. The molecule has 0 saturated carbocycles. The van der Waals surface area contributed by atoms with Gasteiger partial charge < -0.3 is 9.64 Å². The molecule has 0 aromatic rings. The Morgan fingerprint density at radius 1 is 1.29 bits per heavy atom. The molecule has 2 rings (SSSR count). The topological polar surface area (TPSA) is 29.5 Å². The molecule has 2 saturated heterocycles. The van der Waals surface area contributed by atoms with Crippen LogP contribution < -0.4 is 0 Å². The van der Waals surface area contributed by atoms with Crippen molar-refractivity contribution < 1.29 is 9.53 Å². The van der Waals surface area contributed by atoms with Crippen molar-refractivity contribution in [3.8, 4) is 0 Å². The highest BCUT2D eigenvalue weighted by Crippen LogP contribution is 2.40. The zero-order chi connectivity index (χ0) is 12.7. The van der Waals surface area contributed by atoms with Gasteiger partial charge in [-0.05, 0) is 33.7 Å². The van der Waals surface area contributed by atoms with Crippen LogP contribution >= 0.6 is 0 Å². The monoisotopic (exact) mass is 255 g/mol. The summed E-state index contributed by atoms with van der Waals surface area (Å²) in [7, 11) is -1.11. The van der Waals surface area contributed by atoms with Crippen LogP contribution in [0.1, 0.15) is 40.5 Å². The maximum Gasteiger partial charge on any atom is 0.410 e. The van der Waals surface area contributed by atoms with Gasteiger partial charge in [-0.2, -0.15) is 0 Å². The lowest BCUT2D eigenvalue weighted by Gasteiger charge is -2.27. The van der Waals surface area contributed by atoms with E-state index in [0.29, 0.717) is 6.04 Å². The Bertz CT molecular complexity index is 305. The van der Waals surface area contributed by atoms with E-state index in [1.165, 1.54) is 31.0 Å². The summed E-state index contributed by atoms with van der Waals surface area (Å²) >= 11 is 0. The van der Waals surface area contributed by atoms with Crippen molar-refractivity contribution in [2.24, 2.45) is 0 Å². The molecule has 2 heterocycles. The van der Waals surface area contributed by atoms with Gasteiger partial charge in [-0.15, -0.1) is 0 Å². The number of hydrogen-bond acceptors (Lipinski definition) is 2. The van der Waals surface area contributed by atoms with Gasteiger partial charge in [-0.25, -0.2) is 4.79 Å². The Hall–Kier alpha value is -0.513. The molecule has 98 valence electrons. The fourth-order valence-electron chi connectivity index (χ4n) is 3.37. The summed E-state index contributed by atoms with van der Waals surface area (Å²) < 4.78 is 5.50. The summed E-state index contributed by atoms with van der Waals surface area (Å²) in [5, 5.41) is 0. The molecule has 0 aromatic carbocycles. The minimum absolute atomic E-state index is 0.0960. The van der Waals surface area contributed by atoms with Gasteiger partial charge >= 0.3 is 6.09 Å². The zero-order valence-electron chi connectivity index (χ0n) is 11.6. The van der Waals surface area contributed by atoms with E-state index in [0.717, 1.165) is 6.17 Å². The third kappa shape index (κ3) is 2.84. The fraction of sp³-hybridized carbons (Fsp3) is 0.923. The molecular weight excluding hydrogens is 230 g/mol. The number of ether oxygens (including phenoxy) is 1. The zero-order valence-corrected chi connectivity index (χ0v) is 12.6. The number of nitrogens with zero attached hydrogens (tertiary/aromatic N) is 1. The van der Waals surface area contributed by atoms with Crippen LogP contribution in [0.3, 0.4) is 0 Å². The van der Waals surface area contributed by atoms with Gasteiger partial charge in [-0.1, -0.05) is 24.9 Å². The number of rotatable bonds is 0. The Morgan fingerprint density at radius 3 is 2.41 bits per heavy atom. The normalized spacial score (nSPS) is 27.8. The SMILES string of the molecule is C[C@@H]1C[Si]2(CCCC2)CN1C(=O)OC(C)(C)C. The van der Waals surface area contributed by atoms with Crippen LogP contribution in [0.25, 0.3) is 0 Å². The van der Waals surface area contributed by atoms with Gasteiger partial charge in [0, 0.05) is 12.2 Å². The third-order valence-corrected chi connectivity index (χ3v) is 9.36. The second-order valence-corrected chi connectivity index (χ2v) is 11.6. The second kappa shape index (κ2) is 4.30. The van der Waals surface area contributed by atoms with Crippen molar-refractivity contribution in [1.29, 1.82) is 0 Å². The van der Waals surface area contributed by atoms with Crippen LogP contribution in [0.5, 0.6) is 0 Å². The van der Waals surface area contributed by atoms with Crippen LogP contribution in [0.2, 0.25) is 18.1 Å². The average Bonchev–Trinajstić information content (AvgIpc) is 2.72. The Balaban J connectivity index is 2.00. The molecule has 0 aromatic heterocycles. The van der Waals surface area contributed by atoms with Gasteiger partial charge in [0.2, 0.25) is 0 Å². The highest BCUT2D eigenvalue weighted by molar-refractivity contribution is 6.81. The van der Waals surface area contributed by atoms with Crippen LogP contribution in [0.4, 0.5) is 4.79 Å². The first-order valence-electron chi connectivity index (χ1n) is 6.81.